The Bertz CT molecular complexity index is 995. The number of hydrogen-bond donors (Lipinski definition) is 7. The second kappa shape index (κ2) is 39.5. The SMILES string of the molecule is CCCCCCCCCCC/C=C/CC/C=C/C(O)C(COC1OC(CO)C(O)C(O)C1O)NC(=O)C(O)CCCCCCCCCCCCCCCCCCCCC. The van der Waals surface area contributed by atoms with Gasteiger partial charge in [0.2, 0.25) is 5.91 Å². The number of carbonyl (C=O) groups is 1. The van der Waals surface area contributed by atoms with Crippen molar-refractivity contribution in [2.24, 2.45) is 0 Å². The highest BCUT2D eigenvalue weighted by Crippen LogP contribution is 2.23. The predicted molar refractivity (Wildman–Crippen MR) is 241 cm³/mol. The zero-order chi connectivity index (χ0) is 43.2. The molecule has 0 radical (unpaired) electrons. The lowest BCUT2D eigenvalue weighted by atomic mass is 9.99. The number of aliphatic hydroxyl groups excluding tert-OH is 6. The van der Waals surface area contributed by atoms with Crippen molar-refractivity contribution in [3.63, 3.8) is 0 Å². The van der Waals surface area contributed by atoms with Gasteiger partial charge in [-0.1, -0.05) is 212 Å². The van der Waals surface area contributed by atoms with Gasteiger partial charge >= 0.3 is 0 Å². The molecule has 1 rings (SSSR count). The van der Waals surface area contributed by atoms with Gasteiger partial charge in [0.1, 0.15) is 30.5 Å². The minimum Gasteiger partial charge on any atom is -0.394 e. The van der Waals surface area contributed by atoms with Crippen molar-refractivity contribution >= 4 is 5.91 Å². The molecule has 10 nitrogen and oxygen atoms in total. The average molecular weight is 840 g/mol. The van der Waals surface area contributed by atoms with E-state index in [0.717, 1.165) is 32.1 Å². The third-order valence-electron chi connectivity index (χ3n) is 11.9. The first-order valence-electron chi connectivity index (χ1n) is 24.7. The predicted octanol–water partition coefficient (Wildman–Crippen LogP) is 9.64. The van der Waals surface area contributed by atoms with Gasteiger partial charge < -0.3 is 45.4 Å². The quantitative estimate of drug-likeness (QED) is 0.0234. The van der Waals surface area contributed by atoms with E-state index in [2.05, 4.69) is 31.3 Å². The first-order valence-corrected chi connectivity index (χ1v) is 24.7. The Morgan fingerprint density at radius 2 is 1.00 bits per heavy atom. The molecule has 0 aliphatic carbocycles. The van der Waals surface area contributed by atoms with Gasteiger partial charge in [0, 0.05) is 0 Å². The number of carbonyl (C=O) groups excluding carboxylic acids is 1. The van der Waals surface area contributed by atoms with Crippen LogP contribution in [0.1, 0.15) is 219 Å². The van der Waals surface area contributed by atoms with Crippen LogP contribution in [-0.2, 0) is 14.3 Å². The third kappa shape index (κ3) is 29.5. The molecule has 0 aromatic rings. The maximum atomic E-state index is 13.1. The number of nitrogens with one attached hydrogen (secondary N) is 1. The summed E-state index contributed by atoms with van der Waals surface area (Å²) in [5.74, 6) is -0.623. The molecule has 1 aliphatic rings. The monoisotopic (exact) mass is 840 g/mol. The van der Waals surface area contributed by atoms with Crippen LogP contribution in [0.25, 0.3) is 0 Å². The zero-order valence-corrected chi connectivity index (χ0v) is 37.9. The Morgan fingerprint density at radius 3 is 1.47 bits per heavy atom. The van der Waals surface area contributed by atoms with Gasteiger partial charge in [-0.3, -0.25) is 4.79 Å². The van der Waals surface area contributed by atoms with E-state index in [1.165, 1.54) is 154 Å². The smallest absolute Gasteiger partial charge is 0.249 e. The molecule has 8 atom stereocenters. The molecule has 0 saturated carbocycles. The molecule has 0 aromatic heterocycles. The fourth-order valence-electron chi connectivity index (χ4n) is 7.83. The molecule has 348 valence electrons. The summed E-state index contributed by atoms with van der Waals surface area (Å²) in [5, 5.41) is 64.7. The maximum Gasteiger partial charge on any atom is 0.249 e. The van der Waals surface area contributed by atoms with Crippen molar-refractivity contribution in [1.29, 1.82) is 0 Å². The molecule has 1 heterocycles. The van der Waals surface area contributed by atoms with Crippen molar-refractivity contribution in [3.05, 3.63) is 24.3 Å². The van der Waals surface area contributed by atoms with E-state index in [0.29, 0.717) is 19.3 Å². The summed E-state index contributed by atoms with van der Waals surface area (Å²) in [6.45, 7) is 3.60. The summed E-state index contributed by atoms with van der Waals surface area (Å²) >= 11 is 0. The lowest BCUT2D eigenvalue weighted by Crippen LogP contribution is -2.60. The molecule has 8 unspecified atom stereocenters. The number of unbranched alkanes of at least 4 members (excludes halogenated alkanes) is 28. The first-order chi connectivity index (χ1) is 28.8. The van der Waals surface area contributed by atoms with Gasteiger partial charge in [0.25, 0.3) is 0 Å². The number of amides is 1. The Morgan fingerprint density at radius 1 is 0.576 bits per heavy atom. The molecule has 7 N–H and O–H groups in total. The summed E-state index contributed by atoms with van der Waals surface area (Å²) < 4.78 is 11.1. The van der Waals surface area contributed by atoms with Gasteiger partial charge in [-0.2, -0.15) is 0 Å². The van der Waals surface area contributed by atoms with E-state index in [4.69, 9.17) is 9.47 Å². The molecule has 0 bridgehead atoms. The molecular formula is C49H93NO9. The maximum absolute atomic E-state index is 13.1. The summed E-state index contributed by atoms with van der Waals surface area (Å²) in [6, 6.07) is -0.993. The zero-order valence-electron chi connectivity index (χ0n) is 37.9. The summed E-state index contributed by atoms with van der Waals surface area (Å²) in [7, 11) is 0. The first kappa shape index (κ1) is 55.6. The number of ether oxygens (including phenoxy) is 2. The van der Waals surface area contributed by atoms with Crippen LogP contribution in [0, 0.1) is 0 Å². The van der Waals surface area contributed by atoms with Crippen molar-refractivity contribution in [2.75, 3.05) is 13.2 Å². The van der Waals surface area contributed by atoms with Gasteiger partial charge in [0.15, 0.2) is 6.29 Å². The van der Waals surface area contributed by atoms with Crippen LogP contribution in [0.15, 0.2) is 24.3 Å². The lowest BCUT2D eigenvalue weighted by molar-refractivity contribution is -0.302. The fraction of sp³-hybridized carbons (Fsp3) is 0.898. The van der Waals surface area contributed by atoms with E-state index < -0.39 is 61.5 Å². The van der Waals surface area contributed by atoms with E-state index in [9.17, 15) is 35.4 Å². The molecule has 59 heavy (non-hydrogen) atoms. The lowest BCUT2D eigenvalue weighted by Gasteiger charge is -2.40. The Hall–Kier alpha value is -1.37. The van der Waals surface area contributed by atoms with E-state index in [-0.39, 0.29) is 6.61 Å². The van der Waals surface area contributed by atoms with Crippen LogP contribution in [0.2, 0.25) is 0 Å². The Kier molecular flexibility index (Phi) is 37.2. The molecular weight excluding hydrogens is 747 g/mol. The van der Waals surface area contributed by atoms with E-state index in [1.807, 2.05) is 6.08 Å². The molecule has 0 spiro atoms. The van der Waals surface area contributed by atoms with Crippen molar-refractivity contribution < 1.29 is 44.9 Å². The minimum absolute atomic E-state index is 0.308. The molecule has 1 aliphatic heterocycles. The van der Waals surface area contributed by atoms with Crippen LogP contribution in [0.4, 0.5) is 0 Å². The third-order valence-corrected chi connectivity index (χ3v) is 11.9. The van der Waals surface area contributed by atoms with Crippen molar-refractivity contribution in [3.8, 4) is 0 Å². The number of aliphatic hydroxyl groups is 6. The number of rotatable bonds is 41. The average Bonchev–Trinajstić information content (AvgIpc) is 3.23. The Balaban J connectivity index is 2.38. The second-order valence-electron chi connectivity index (χ2n) is 17.4. The normalized spacial score (nSPS) is 21.4. The highest BCUT2D eigenvalue weighted by Gasteiger charge is 2.44. The number of allylic oxidation sites excluding steroid dienone is 3. The van der Waals surface area contributed by atoms with Crippen LogP contribution in [-0.4, -0.2) is 98.7 Å². The molecule has 1 saturated heterocycles. The molecule has 1 amide bonds. The standard InChI is InChI=1S/C49H93NO9/c1-3-5-7-9-11-13-15-17-19-20-21-22-24-26-28-30-32-34-36-38-43(53)48(57)50-41(40-58-49-47(56)46(55)45(54)44(39-51)59-49)42(52)37-35-33-31-29-27-25-23-18-16-14-12-10-8-6-4-2/h27,29,35,37,41-47,49,51-56H,3-26,28,30-34,36,38-40H2,1-2H3,(H,50,57)/b29-27+,37-35+. The summed E-state index contributed by atoms with van der Waals surface area (Å²) in [6.07, 6.45) is 36.9. The van der Waals surface area contributed by atoms with Crippen LogP contribution < -0.4 is 5.32 Å². The van der Waals surface area contributed by atoms with E-state index >= 15 is 0 Å². The van der Waals surface area contributed by atoms with Crippen LogP contribution in [0.5, 0.6) is 0 Å². The fourth-order valence-corrected chi connectivity index (χ4v) is 7.83. The largest absolute Gasteiger partial charge is 0.394 e. The van der Waals surface area contributed by atoms with Gasteiger partial charge in [0.05, 0.1) is 25.4 Å². The van der Waals surface area contributed by atoms with Crippen LogP contribution in [0.3, 0.4) is 0 Å². The molecule has 1 fully saturated rings. The van der Waals surface area contributed by atoms with Gasteiger partial charge in [-0.05, 0) is 32.1 Å². The topological polar surface area (TPSA) is 169 Å². The summed E-state index contributed by atoms with van der Waals surface area (Å²) in [4.78, 5) is 13.1. The molecule has 10 heteroatoms. The van der Waals surface area contributed by atoms with Crippen molar-refractivity contribution in [1.82, 2.24) is 5.32 Å². The van der Waals surface area contributed by atoms with Gasteiger partial charge in [-0.15, -0.1) is 0 Å². The minimum atomic E-state index is -1.61. The highest BCUT2D eigenvalue weighted by molar-refractivity contribution is 5.80. The Labute approximate surface area is 361 Å². The van der Waals surface area contributed by atoms with Crippen LogP contribution >= 0.6 is 0 Å². The highest BCUT2D eigenvalue weighted by atomic mass is 16.7. The second-order valence-corrected chi connectivity index (χ2v) is 17.4. The molecule has 0 aromatic carbocycles. The van der Waals surface area contributed by atoms with E-state index in [1.54, 1.807) is 6.08 Å². The van der Waals surface area contributed by atoms with Gasteiger partial charge in [-0.25, -0.2) is 0 Å². The summed E-state index contributed by atoms with van der Waals surface area (Å²) in [5.41, 5.74) is 0. The number of hydrogen-bond acceptors (Lipinski definition) is 9. The van der Waals surface area contributed by atoms with Crippen molar-refractivity contribution in [2.45, 2.75) is 268 Å².